The van der Waals surface area contributed by atoms with Crippen LogP contribution in [0.25, 0.3) is 11.0 Å². The Hall–Kier alpha value is -1.42. The van der Waals surface area contributed by atoms with Gasteiger partial charge in [0.1, 0.15) is 11.6 Å². The van der Waals surface area contributed by atoms with Gasteiger partial charge in [-0.1, -0.05) is 13.8 Å². The second kappa shape index (κ2) is 5.17. The highest BCUT2D eigenvalue weighted by Gasteiger charge is 2.32. The molecule has 1 heterocycles. The third kappa shape index (κ3) is 2.44. The standard InChI is InChI=1S/C16H19F2NO/c1-9(2)7-19-8-13-14(10-3-4-10)15-11(17)5-6-12(18)16(15)20-13/h5-6,9-10,19H,3-4,7-8H2,1-2H3. The summed E-state index contributed by atoms with van der Waals surface area (Å²) in [4.78, 5) is 0. The molecular formula is C16H19F2NO. The van der Waals surface area contributed by atoms with E-state index in [0.717, 1.165) is 31.0 Å². The van der Waals surface area contributed by atoms with E-state index in [-0.39, 0.29) is 11.4 Å². The second-order valence-corrected chi connectivity index (χ2v) is 5.97. The Morgan fingerprint density at radius 1 is 1.25 bits per heavy atom. The Labute approximate surface area is 117 Å². The van der Waals surface area contributed by atoms with Crippen molar-refractivity contribution in [3.8, 4) is 0 Å². The van der Waals surface area contributed by atoms with Crippen LogP contribution in [0.4, 0.5) is 8.78 Å². The first kappa shape index (κ1) is 13.6. The van der Waals surface area contributed by atoms with Gasteiger partial charge in [0.05, 0.1) is 11.9 Å². The molecule has 0 saturated heterocycles. The summed E-state index contributed by atoms with van der Waals surface area (Å²) < 4.78 is 33.5. The minimum Gasteiger partial charge on any atom is -0.456 e. The van der Waals surface area contributed by atoms with E-state index in [9.17, 15) is 8.78 Å². The Morgan fingerprint density at radius 2 is 1.95 bits per heavy atom. The van der Waals surface area contributed by atoms with Crippen LogP contribution in [-0.4, -0.2) is 6.54 Å². The smallest absolute Gasteiger partial charge is 0.173 e. The molecule has 1 aliphatic carbocycles. The molecule has 1 aliphatic rings. The van der Waals surface area contributed by atoms with Crippen LogP contribution in [-0.2, 0) is 6.54 Å². The van der Waals surface area contributed by atoms with Crippen LogP contribution in [0.5, 0.6) is 0 Å². The van der Waals surface area contributed by atoms with Crippen molar-refractivity contribution in [2.24, 2.45) is 5.92 Å². The largest absolute Gasteiger partial charge is 0.456 e. The Morgan fingerprint density at radius 3 is 2.60 bits per heavy atom. The van der Waals surface area contributed by atoms with Crippen LogP contribution in [0, 0.1) is 17.6 Å². The quantitative estimate of drug-likeness (QED) is 0.881. The van der Waals surface area contributed by atoms with Crippen molar-refractivity contribution in [1.29, 1.82) is 0 Å². The maximum absolute atomic E-state index is 14.0. The number of hydrogen-bond acceptors (Lipinski definition) is 2. The van der Waals surface area contributed by atoms with Crippen molar-refractivity contribution < 1.29 is 13.2 Å². The van der Waals surface area contributed by atoms with E-state index in [0.29, 0.717) is 29.5 Å². The molecule has 1 saturated carbocycles. The van der Waals surface area contributed by atoms with Gasteiger partial charge in [-0.2, -0.15) is 0 Å². The van der Waals surface area contributed by atoms with Gasteiger partial charge in [0.25, 0.3) is 0 Å². The predicted octanol–water partition coefficient (Wildman–Crippen LogP) is 4.33. The molecule has 0 amide bonds. The van der Waals surface area contributed by atoms with Gasteiger partial charge in [-0.25, -0.2) is 8.78 Å². The lowest BCUT2D eigenvalue weighted by atomic mass is 10.1. The molecule has 20 heavy (non-hydrogen) atoms. The predicted molar refractivity (Wildman–Crippen MR) is 74.6 cm³/mol. The summed E-state index contributed by atoms with van der Waals surface area (Å²) in [5.41, 5.74) is 0.932. The molecule has 2 aromatic rings. The van der Waals surface area contributed by atoms with Crippen LogP contribution in [0.1, 0.15) is 43.9 Å². The first-order chi connectivity index (χ1) is 9.58. The lowest BCUT2D eigenvalue weighted by Crippen LogP contribution is -2.19. The molecule has 0 radical (unpaired) electrons. The number of hydrogen-bond donors (Lipinski definition) is 1. The highest BCUT2D eigenvalue weighted by molar-refractivity contribution is 5.84. The third-order valence-electron chi connectivity index (χ3n) is 3.68. The summed E-state index contributed by atoms with van der Waals surface area (Å²) in [5.74, 6) is 0.661. The molecule has 0 aliphatic heterocycles. The van der Waals surface area contributed by atoms with E-state index < -0.39 is 5.82 Å². The first-order valence-electron chi connectivity index (χ1n) is 7.18. The van der Waals surface area contributed by atoms with Crippen LogP contribution in [0.3, 0.4) is 0 Å². The summed E-state index contributed by atoms with van der Waals surface area (Å²) in [6.07, 6.45) is 2.06. The number of rotatable bonds is 5. The number of nitrogens with one attached hydrogen (secondary N) is 1. The van der Waals surface area contributed by atoms with Gasteiger partial charge in [0, 0.05) is 5.56 Å². The average Bonchev–Trinajstić information content (AvgIpc) is 3.15. The van der Waals surface area contributed by atoms with Crippen molar-refractivity contribution in [2.45, 2.75) is 39.2 Å². The summed E-state index contributed by atoms with van der Waals surface area (Å²) in [6.45, 7) is 5.61. The summed E-state index contributed by atoms with van der Waals surface area (Å²) >= 11 is 0. The Balaban J connectivity index is 2.00. The number of furan rings is 1. The van der Waals surface area contributed by atoms with Gasteiger partial charge in [-0.15, -0.1) is 0 Å². The molecule has 1 N–H and O–H groups in total. The normalized spacial score (nSPS) is 15.4. The average molecular weight is 279 g/mol. The van der Waals surface area contributed by atoms with Gasteiger partial charge < -0.3 is 9.73 Å². The van der Waals surface area contributed by atoms with E-state index in [2.05, 4.69) is 19.2 Å². The molecule has 0 spiro atoms. The van der Waals surface area contributed by atoms with Crippen molar-refractivity contribution in [3.05, 3.63) is 35.1 Å². The van der Waals surface area contributed by atoms with E-state index in [4.69, 9.17) is 4.42 Å². The molecule has 108 valence electrons. The molecule has 1 aromatic carbocycles. The van der Waals surface area contributed by atoms with Crippen molar-refractivity contribution in [2.75, 3.05) is 6.54 Å². The minimum absolute atomic E-state index is 0.0632. The van der Waals surface area contributed by atoms with Gasteiger partial charge in [0.15, 0.2) is 11.4 Å². The number of fused-ring (bicyclic) bond motifs is 1. The van der Waals surface area contributed by atoms with Crippen LogP contribution < -0.4 is 5.32 Å². The van der Waals surface area contributed by atoms with Gasteiger partial charge in [-0.3, -0.25) is 0 Å². The fraction of sp³-hybridized carbons (Fsp3) is 0.500. The zero-order chi connectivity index (χ0) is 14.3. The van der Waals surface area contributed by atoms with E-state index in [1.807, 2.05) is 0 Å². The molecular weight excluding hydrogens is 260 g/mol. The zero-order valence-electron chi connectivity index (χ0n) is 11.8. The fourth-order valence-electron chi connectivity index (χ4n) is 2.61. The van der Waals surface area contributed by atoms with Gasteiger partial charge >= 0.3 is 0 Å². The lowest BCUT2D eigenvalue weighted by Gasteiger charge is -2.07. The number of halogens is 2. The van der Waals surface area contributed by atoms with E-state index in [1.54, 1.807) is 0 Å². The molecule has 0 bridgehead atoms. The van der Waals surface area contributed by atoms with Crippen LogP contribution >= 0.6 is 0 Å². The Bertz CT molecular complexity index is 629. The lowest BCUT2D eigenvalue weighted by molar-refractivity contribution is 0.470. The molecule has 1 fully saturated rings. The zero-order valence-corrected chi connectivity index (χ0v) is 11.8. The topological polar surface area (TPSA) is 25.2 Å². The molecule has 4 heteroatoms. The van der Waals surface area contributed by atoms with E-state index >= 15 is 0 Å². The second-order valence-electron chi connectivity index (χ2n) is 5.97. The third-order valence-corrected chi connectivity index (χ3v) is 3.68. The SMILES string of the molecule is CC(C)CNCc1oc2c(F)ccc(F)c2c1C1CC1. The minimum atomic E-state index is -0.488. The fourth-order valence-corrected chi connectivity index (χ4v) is 2.61. The summed E-state index contributed by atoms with van der Waals surface area (Å²) in [5, 5.41) is 3.63. The molecule has 1 aromatic heterocycles. The van der Waals surface area contributed by atoms with Gasteiger partial charge in [-0.05, 0) is 43.4 Å². The summed E-state index contributed by atoms with van der Waals surface area (Å²) in [7, 11) is 0. The maximum atomic E-state index is 14.0. The van der Waals surface area contributed by atoms with Crippen molar-refractivity contribution in [3.63, 3.8) is 0 Å². The van der Waals surface area contributed by atoms with Crippen LogP contribution in [0.2, 0.25) is 0 Å². The molecule has 3 rings (SSSR count). The van der Waals surface area contributed by atoms with Crippen LogP contribution in [0.15, 0.2) is 16.5 Å². The highest BCUT2D eigenvalue weighted by atomic mass is 19.1. The molecule has 2 nitrogen and oxygen atoms in total. The monoisotopic (exact) mass is 279 g/mol. The molecule has 0 unspecified atom stereocenters. The first-order valence-corrected chi connectivity index (χ1v) is 7.18. The van der Waals surface area contributed by atoms with Gasteiger partial charge in [0.2, 0.25) is 0 Å². The molecule has 0 atom stereocenters. The highest BCUT2D eigenvalue weighted by Crippen LogP contribution is 2.47. The van der Waals surface area contributed by atoms with E-state index in [1.165, 1.54) is 6.07 Å². The van der Waals surface area contributed by atoms with Crippen molar-refractivity contribution in [1.82, 2.24) is 5.32 Å². The Kier molecular flexibility index (Phi) is 3.50. The summed E-state index contributed by atoms with van der Waals surface area (Å²) in [6, 6.07) is 2.31. The number of benzene rings is 1. The maximum Gasteiger partial charge on any atom is 0.173 e. The van der Waals surface area contributed by atoms with Crippen molar-refractivity contribution >= 4 is 11.0 Å².